The van der Waals surface area contributed by atoms with Crippen molar-refractivity contribution in [3.8, 4) is 17.2 Å². The van der Waals surface area contributed by atoms with Gasteiger partial charge in [0, 0.05) is 74.5 Å². The van der Waals surface area contributed by atoms with Crippen LogP contribution in [-0.2, 0) is 29.0 Å². The average molecular weight is 765 g/mol. The summed E-state index contributed by atoms with van der Waals surface area (Å²) in [6.45, 7) is 3.91. The van der Waals surface area contributed by atoms with Gasteiger partial charge in [0.15, 0.2) is 17.3 Å². The van der Waals surface area contributed by atoms with E-state index in [1.54, 1.807) is 26.8 Å². The molecule has 2 saturated heterocycles. The monoisotopic (exact) mass is 764 g/mol. The number of halogens is 1. The number of ether oxygens (including phenoxy) is 3. The minimum Gasteiger partial charge on any atom is -0.493 e. The molecule has 286 valence electrons. The molecule has 2 fully saturated rings. The molecule has 12 heteroatoms. The fraction of sp³-hybridized carbons (Fsp3) is 0.395. The van der Waals surface area contributed by atoms with Gasteiger partial charge in [0.25, 0.3) is 5.91 Å². The predicted molar refractivity (Wildman–Crippen MR) is 210 cm³/mol. The van der Waals surface area contributed by atoms with E-state index in [2.05, 4.69) is 4.90 Å². The van der Waals surface area contributed by atoms with Crippen LogP contribution in [-0.4, -0.2) is 104 Å². The van der Waals surface area contributed by atoms with Crippen LogP contribution in [0.15, 0.2) is 66.7 Å². The summed E-state index contributed by atoms with van der Waals surface area (Å²) in [6.07, 6.45) is 2.42. The highest BCUT2D eigenvalue weighted by Gasteiger charge is 2.38. The molecule has 4 aliphatic heterocycles. The minimum atomic E-state index is -0.400. The van der Waals surface area contributed by atoms with Crippen LogP contribution in [0, 0.1) is 0 Å². The molecule has 0 bridgehead atoms. The second-order valence-corrected chi connectivity index (χ2v) is 15.3. The molecule has 11 nitrogen and oxygen atoms in total. The molecule has 2 atom stereocenters. The number of hydrogen-bond acceptors (Lipinski definition) is 8. The number of anilines is 1. The number of benzene rings is 4. The molecule has 0 unspecified atom stereocenters. The molecule has 0 aromatic heterocycles. The average Bonchev–Trinajstić information content (AvgIpc) is 3.54. The summed E-state index contributed by atoms with van der Waals surface area (Å²) in [5.41, 5.74) is 4.47. The summed E-state index contributed by atoms with van der Waals surface area (Å²) in [5, 5.41) is 1.72. The van der Waals surface area contributed by atoms with Crippen molar-refractivity contribution in [2.75, 3.05) is 64.2 Å². The molecule has 0 saturated carbocycles. The van der Waals surface area contributed by atoms with E-state index in [0.717, 1.165) is 53.4 Å². The number of likely N-dealkylation sites (N-methyl/N-ethyl adjacent to an activating group) is 1. The largest absolute Gasteiger partial charge is 0.493 e. The van der Waals surface area contributed by atoms with Gasteiger partial charge in [0.1, 0.15) is 12.4 Å². The molecular weight excluding hydrogens is 720 g/mol. The fourth-order valence-corrected chi connectivity index (χ4v) is 8.71. The summed E-state index contributed by atoms with van der Waals surface area (Å²) in [6, 6.07) is 20.4. The topological polar surface area (TPSA) is 109 Å². The molecule has 4 aromatic rings. The zero-order chi connectivity index (χ0) is 38.2. The Morgan fingerprint density at radius 3 is 2.42 bits per heavy atom. The third-order valence-corrected chi connectivity index (χ3v) is 11.8. The Bertz CT molecular complexity index is 2170. The van der Waals surface area contributed by atoms with Gasteiger partial charge in [0.2, 0.25) is 5.91 Å². The number of methoxy groups -OCH3 is 1. The zero-order valence-corrected chi connectivity index (χ0v) is 32.0. The number of amides is 3. The quantitative estimate of drug-likeness (QED) is 0.195. The predicted octanol–water partition coefficient (Wildman–Crippen LogP) is 6.21. The number of fused-ring (bicyclic) bond motifs is 5. The van der Waals surface area contributed by atoms with Crippen LogP contribution in [0.2, 0.25) is 0 Å². The first kappa shape index (κ1) is 36.8. The number of rotatable bonds is 8. The molecule has 0 aliphatic carbocycles. The summed E-state index contributed by atoms with van der Waals surface area (Å²) in [5.74, 6) is 1.34. The number of piperazine rings is 1. The highest BCUT2D eigenvalue weighted by Crippen LogP contribution is 2.46. The van der Waals surface area contributed by atoms with Crippen molar-refractivity contribution in [2.24, 2.45) is 0 Å². The highest BCUT2D eigenvalue weighted by molar-refractivity contribution is 6.19. The van der Waals surface area contributed by atoms with E-state index in [-0.39, 0.29) is 49.0 Å². The van der Waals surface area contributed by atoms with Crippen molar-refractivity contribution in [3.63, 3.8) is 0 Å². The number of hydrogen-bond donors (Lipinski definition) is 0. The molecule has 4 aromatic carbocycles. The molecule has 0 spiro atoms. The van der Waals surface area contributed by atoms with Gasteiger partial charge in [0.05, 0.1) is 25.3 Å². The van der Waals surface area contributed by atoms with Crippen LogP contribution < -0.4 is 19.1 Å². The molecule has 3 amide bonds. The van der Waals surface area contributed by atoms with E-state index in [0.29, 0.717) is 72.5 Å². The van der Waals surface area contributed by atoms with Gasteiger partial charge in [-0.1, -0.05) is 48.5 Å². The summed E-state index contributed by atoms with van der Waals surface area (Å²) in [7, 11) is 3.57. The van der Waals surface area contributed by atoms with Crippen LogP contribution in [0.3, 0.4) is 0 Å². The Kier molecular flexibility index (Phi) is 10.4. The SMILES string of the molecule is COc1cc2c(cc1OCc1cccc(CC(=O)N3C[C@@H](CCl)c4c3cc(OC(=O)N3CCN(C)CC3)c3ccccc43)c1)CC(=O)[C@@H]1CCCCN1C2=O. The number of carbonyl (C=O) groups is 4. The van der Waals surface area contributed by atoms with Gasteiger partial charge in [-0.3, -0.25) is 14.4 Å². The maximum atomic E-state index is 14.1. The van der Waals surface area contributed by atoms with Crippen LogP contribution in [0.5, 0.6) is 17.2 Å². The van der Waals surface area contributed by atoms with Crippen molar-refractivity contribution < 1.29 is 33.4 Å². The maximum absolute atomic E-state index is 14.1. The van der Waals surface area contributed by atoms with Gasteiger partial charge in [-0.05, 0) is 66.1 Å². The van der Waals surface area contributed by atoms with E-state index in [1.807, 2.05) is 61.6 Å². The smallest absolute Gasteiger partial charge is 0.415 e. The fourth-order valence-electron chi connectivity index (χ4n) is 8.46. The summed E-state index contributed by atoms with van der Waals surface area (Å²) >= 11 is 6.53. The number of Topliss-reactive ketones (excluding diaryl/α,β-unsaturated/α-hetero) is 1. The number of alkyl halides is 1. The third kappa shape index (κ3) is 7.23. The van der Waals surface area contributed by atoms with Gasteiger partial charge in [-0.25, -0.2) is 4.79 Å². The summed E-state index contributed by atoms with van der Waals surface area (Å²) in [4.78, 5) is 61.5. The second-order valence-electron chi connectivity index (χ2n) is 15.0. The molecule has 4 heterocycles. The highest BCUT2D eigenvalue weighted by atomic mass is 35.5. The van der Waals surface area contributed by atoms with Gasteiger partial charge < -0.3 is 33.8 Å². The number of nitrogens with zero attached hydrogens (tertiary/aromatic N) is 4. The second kappa shape index (κ2) is 15.5. The lowest BCUT2D eigenvalue weighted by molar-refractivity contribution is -0.123. The number of carbonyl (C=O) groups excluding carboxylic acids is 4. The van der Waals surface area contributed by atoms with Crippen LogP contribution in [0.25, 0.3) is 10.8 Å². The van der Waals surface area contributed by atoms with Crippen molar-refractivity contribution in [1.29, 1.82) is 0 Å². The van der Waals surface area contributed by atoms with Gasteiger partial charge in [-0.2, -0.15) is 0 Å². The number of ketones is 1. The molecule has 0 N–H and O–H groups in total. The first-order valence-electron chi connectivity index (χ1n) is 19.0. The van der Waals surface area contributed by atoms with E-state index in [1.165, 1.54) is 7.11 Å². The first-order chi connectivity index (χ1) is 26.7. The molecule has 55 heavy (non-hydrogen) atoms. The first-order valence-corrected chi connectivity index (χ1v) is 19.6. The Balaban J connectivity index is 1.00. The summed E-state index contributed by atoms with van der Waals surface area (Å²) < 4.78 is 18.0. The van der Waals surface area contributed by atoms with Crippen molar-refractivity contribution in [3.05, 3.63) is 94.5 Å². The normalized spacial score (nSPS) is 19.8. The Labute approximate surface area is 325 Å². The lowest BCUT2D eigenvalue weighted by atomic mass is 9.95. The van der Waals surface area contributed by atoms with Crippen LogP contribution >= 0.6 is 11.6 Å². The molecule has 8 rings (SSSR count). The van der Waals surface area contributed by atoms with Crippen molar-refractivity contribution in [1.82, 2.24) is 14.7 Å². The zero-order valence-electron chi connectivity index (χ0n) is 31.2. The molecule has 0 radical (unpaired) electrons. The van der Waals surface area contributed by atoms with E-state index < -0.39 is 6.09 Å². The van der Waals surface area contributed by atoms with E-state index in [9.17, 15) is 19.2 Å². The van der Waals surface area contributed by atoms with Gasteiger partial charge >= 0.3 is 6.09 Å². The maximum Gasteiger partial charge on any atom is 0.415 e. The standard InChI is InChI=1S/C43H45ClN4O7/c1-45-14-16-46(17-15-45)43(52)55-37-23-35-41(32-11-4-3-10-31(32)37)30(24-44)25-48(35)40(50)19-27-8-7-9-28(18-27)26-54-39-21-29-20-36(49)34-12-5-6-13-47(34)42(51)33(29)22-38(39)53-2/h3-4,7-11,18,21-23,30,34H,5-6,12-17,19-20,24-26H2,1-2H3/t30-,34+/m1/s1. The Hall–Kier alpha value is -5.13. The van der Waals surface area contributed by atoms with E-state index >= 15 is 0 Å². The number of piperidine rings is 1. The van der Waals surface area contributed by atoms with Crippen LogP contribution in [0.1, 0.15) is 57.8 Å². The van der Waals surface area contributed by atoms with Crippen molar-refractivity contribution in [2.45, 2.75) is 50.7 Å². The molecular formula is C43H45ClN4O7. The Morgan fingerprint density at radius 2 is 1.64 bits per heavy atom. The van der Waals surface area contributed by atoms with Crippen molar-refractivity contribution >= 4 is 51.8 Å². The Morgan fingerprint density at radius 1 is 0.855 bits per heavy atom. The third-order valence-electron chi connectivity index (χ3n) is 11.4. The minimum absolute atomic E-state index is 0.0503. The van der Waals surface area contributed by atoms with Gasteiger partial charge in [-0.15, -0.1) is 11.6 Å². The lowest BCUT2D eigenvalue weighted by Crippen LogP contribution is -2.48. The lowest BCUT2D eigenvalue weighted by Gasteiger charge is -2.33. The van der Waals surface area contributed by atoms with E-state index in [4.69, 9.17) is 25.8 Å². The van der Waals surface area contributed by atoms with Crippen LogP contribution in [0.4, 0.5) is 10.5 Å². The molecule has 4 aliphatic rings.